The Hall–Kier alpha value is -2.14. The maximum absolute atomic E-state index is 13.0. The number of benzene rings is 2. The van der Waals surface area contributed by atoms with Crippen molar-refractivity contribution in [1.82, 2.24) is 4.58 Å². The Morgan fingerprint density at radius 2 is 1.59 bits per heavy atom. The number of fused-ring (bicyclic) bond motifs is 4. The Morgan fingerprint density at radius 3 is 2.41 bits per heavy atom. The molecule has 0 radical (unpaired) electrons. The molecule has 5 heterocycles. The summed E-state index contributed by atoms with van der Waals surface area (Å²) >= 11 is 0. The van der Waals surface area contributed by atoms with Crippen LogP contribution in [0.4, 0.5) is 5.69 Å². The summed E-state index contributed by atoms with van der Waals surface area (Å²) in [4.78, 5) is 23.7. The third-order valence-corrected chi connectivity index (χ3v) is 9.01. The molecule has 6 nitrogen and oxygen atoms in total. The van der Waals surface area contributed by atoms with Crippen molar-refractivity contribution in [3.05, 3.63) is 50.5 Å². The summed E-state index contributed by atoms with van der Waals surface area (Å²) in [6.07, 6.45) is 7.99. The maximum Gasteiger partial charge on any atom is 0.357 e. The molecular formula is C25H28N2O4P+. The van der Waals surface area contributed by atoms with Crippen molar-refractivity contribution < 1.29 is 19.1 Å². The molecule has 2 aromatic rings. The summed E-state index contributed by atoms with van der Waals surface area (Å²) in [6, 6.07) is 4.06. The topological polar surface area (TPSA) is 73.0 Å². The molecule has 7 heteroatoms. The molecule has 0 spiro atoms. The molecule has 7 rings (SSSR count). The summed E-state index contributed by atoms with van der Waals surface area (Å²) < 4.78 is 22.2. The van der Waals surface area contributed by atoms with Gasteiger partial charge in [0.05, 0.1) is 10.9 Å². The van der Waals surface area contributed by atoms with Gasteiger partial charge in [0.25, 0.3) is 0 Å². The first-order valence-corrected chi connectivity index (χ1v) is 13.6. The van der Waals surface area contributed by atoms with Crippen LogP contribution in [0.25, 0.3) is 5.31 Å². The van der Waals surface area contributed by atoms with Gasteiger partial charge in [-0.3, -0.25) is 4.57 Å². The third kappa shape index (κ3) is 2.60. The van der Waals surface area contributed by atoms with Gasteiger partial charge in [0.15, 0.2) is 0 Å². The molecule has 0 amide bonds. The molecule has 2 aromatic carbocycles. The van der Waals surface area contributed by atoms with E-state index in [-0.39, 0.29) is 5.31 Å². The highest BCUT2D eigenvalue weighted by molar-refractivity contribution is 7.63. The van der Waals surface area contributed by atoms with E-state index in [1.54, 1.807) is 0 Å². The molecule has 2 N–H and O–H groups in total. The lowest BCUT2D eigenvalue weighted by molar-refractivity contribution is 0.386. The van der Waals surface area contributed by atoms with Crippen LogP contribution in [0.5, 0.6) is 11.5 Å². The monoisotopic (exact) mass is 451 g/mol. The highest BCUT2D eigenvalue weighted by Gasteiger charge is 2.39. The molecule has 5 aliphatic rings. The standard InChI is InChI=1S/C25H27N2O4P/c28-32(29,30)25-19-13-15-5-1-9-26-11-3-7-17(21(15)26)23(19)31-24-18-8-4-12-27-10-2-6-16(22(18)27)14-20(24)25/h13-14H,1-12H2,(H-,28,29,30)/p+1. The SMILES string of the molecule is O=P(O)(O)C1=c2cc3c4c(c2Oc2c1cc1c5c2CCCN5CCC1)CCC[N+]=4CCC3. The van der Waals surface area contributed by atoms with E-state index >= 15 is 0 Å². The van der Waals surface area contributed by atoms with Gasteiger partial charge in [-0.15, -0.1) is 0 Å². The average Bonchev–Trinajstić information content (AvgIpc) is 2.78. The second-order valence-electron chi connectivity index (χ2n) is 9.86. The fraction of sp³-hybridized carbons (Fsp3) is 0.480. The van der Waals surface area contributed by atoms with Crippen LogP contribution in [0.2, 0.25) is 0 Å². The van der Waals surface area contributed by atoms with Gasteiger partial charge in [-0.25, -0.2) is 4.58 Å². The lowest BCUT2D eigenvalue weighted by Gasteiger charge is -2.39. The number of anilines is 1. The van der Waals surface area contributed by atoms with Crippen LogP contribution in [-0.4, -0.2) is 36.0 Å². The van der Waals surface area contributed by atoms with Crippen molar-refractivity contribution in [2.75, 3.05) is 31.1 Å². The van der Waals surface area contributed by atoms with Crippen LogP contribution >= 0.6 is 7.60 Å². The van der Waals surface area contributed by atoms with E-state index in [1.165, 1.54) is 22.2 Å². The maximum atomic E-state index is 13.0. The summed E-state index contributed by atoms with van der Waals surface area (Å²) in [5.74, 6) is 1.40. The molecule has 0 bridgehead atoms. The first-order valence-electron chi connectivity index (χ1n) is 12.0. The normalized spacial score (nSPS) is 20.8. The molecule has 32 heavy (non-hydrogen) atoms. The fourth-order valence-electron chi connectivity index (χ4n) is 6.81. The van der Waals surface area contributed by atoms with Gasteiger partial charge in [-0.05, 0) is 56.2 Å². The molecule has 5 aliphatic heterocycles. The number of hydrogen-bond acceptors (Lipinski definition) is 3. The van der Waals surface area contributed by atoms with E-state index in [1.807, 2.05) is 12.1 Å². The van der Waals surface area contributed by atoms with E-state index in [9.17, 15) is 14.4 Å². The molecule has 0 aliphatic carbocycles. The van der Waals surface area contributed by atoms with Crippen molar-refractivity contribution in [2.24, 2.45) is 0 Å². The number of ether oxygens (including phenoxy) is 1. The summed E-state index contributed by atoms with van der Waals surface area (Å²) in [5.41, 5.74) is 6.62. The zero-order valence-electron chi connectivity index (χ0n) is 18.2. The molecule has 0 saturated heterocycles. The van der Waals surface area contributed by atoms with Gasteiger partial charge in [0.2, 0.25) is 5.36 Å². The second kappa shape index (κ2) is 6.69. The van der Waals surface area contributed by atoms with Gasteiger partial charge in [0, 0.05) is 53.5 Å². The van der Waals surface area contributed by atoms with Crippen LogP contribution in [0, 0.1) is 0 Å². The summed E-state index contributed by atoms with van der Waals surface area (Å²) in [5, 5.41) is 2.07. The molecular weight excluding hydrogens is 423 g/mol. The smallest absolute Gasteiger partial charge is 0.357 e. The van der Waals surface area contributed by atoms with Crippen molar-refractivity contribution in [1.29, 1.82) is 0 Å². The van der Waals surface area contributed by atoms with Crippen molar-refractivity contribution >= 4 is 18.6 Å². The molecule has 166 valence electrons. The van der Waals surface area contributed by atoms with Gasteiger partial charge in [-0.1, -0.05) is 0 Å². The second-order valence-corrected chi connectivity index (χ2v) is 11.4. The Kier molecular flexibility index (Phi) is 4.04. The molecule has 0 atom stereocenters. The molecule has 0 fully saturated rings. The molecule has 0 aromatic heterocycles. The Balaban J connectivity index is 1.63. The van der Waals surface area contributed by atoms with Gasteiger partial charge >= 0.3 is 7.60 Å². The van der Waals surface area contributed by atoms with E-state index in [0.717, 1.165) is 88.7 Å². The first-order chi connectivity index (χ1) is 15.5. The van der Waals surface area contributed by atoms with Gasteiger partial charge < -0.3 is 19.4 Å². The van der Waals surface area contributed by atoms with Gasteiger partial charge in [-0.2, -0.15) is 0 Å². The average molecular weight is 451 g/mol. The molecule has 0 saturated carbocycles. The largest absolute Gasteiger partial charge is 0.455 e. The lowest BCUT2D eigenvalue weighted by atomic mass is 9.87. The van der Waals surface area contributed by atoms with E-state index in [0.29, 0.717) is 22.3 Å². The van der Waals surface area contributed by atoms with Crippen LogP contribution in [0.3, 0.4) is 0 Å². The van der Waals surface area contributed by atoms with Crippen LogP contribution in [-0.2, 0) is 30.2 Å². The number of aryl methyl sites for hydroxylation is 2. The van der Waals surface area contributed by atoms with E-state index in [4.69, 9.17) is 4.74 Å². The minimum atomic E-state index is -4.52. The summed E-state index contributed by atoms with van der Waals surface area (Å²) in [7, 11) is -4.52. The Labute approximate surface area is 187 Å². The third-order valence-electron chi connectivity index (χ3n) is 7.95. The highest BCUT2D eigenvalue weighted by Crippen LogP contribution is 2.57. The van der Waals surface area contributed by atoms with Gasteiger partial charge in [0.1, 0.15) is 24.6 Å². The minimum Gasteiger partial charge on any atom is -0.455 e. The number of hydrogen-bond donors (Lipinski definition) is 2. The van der Waals surface area contributed by atoms with E-state index < -0.39 is 7.60 Å². The van der Waals surface area contributed by atoms with Crippen molar-refractivity contribution in [2.45, 2.75) is 51.4 Å². The first kappa shape index (κ1) is 19.3. The van der Waals surface area contributed by atoms with E-state index in [2.05, 4.69) is 9.48 Å². The van der Waals surface area contributed by atoms with Crippen LogP contribution in [0.15, 0.2) is 12.1 Å². The lowest BCUT2D eigenvalue weighted by Crippen LogP contribution is -2.45. The zero-order valence-corrected chi connectivity index (χ0v) is 19.1. The quantitative estimate of drug-likeness (QED) is 0.514. The predicted octanol–water partition coefficient (Wildman–Crippen LogP) is 2.21. The summed E-state index contributed by atoms with van der Waals surface area (Å²) in [6.45, 7) is 4.21. The highest BCUT2D eigenvalue weighted by atomic mass is 31.2. The minimum absolute atomic E-state index is 0.178. The zero-order chi connectivity index (χ0) is 21.6. The fourth-order valence-corrected chi connectivity index (χ4v) is 7.77. The van der Waals surface area contributed by atoms with Crippen molar-refractivity contribution in [3.63, 3.8) is 0 Å². The van der Waals surface area contributed by atoms with Crippen LogP contribution in [0.1, 0.15) is 53.5 Å². The molecule has 0 unspecified atom stereocenters. The number of rotatable bonds is 1. The van der Waals surface area contributed by atoms with Crippen LogP contribution < -0.4 is 24.8 Å². The predicted molar refractivity (Wildman–Crippen MR) is 123 cm³/mol. The van der Waals surface area contributed by atoms with Crippen molar-refractivity contribution in [3.8, 4) is 11.5 Å². The number of nitrogens with zero attached hydrogens (tertiary/aromatic N) is 2. The Morgan fingerprint density at radius 1 is 0.875 bits per heavy atom. The Bertz CT molecular complexity index is 1370.